The molecule has 0 saturated carbocycles. The Morgan fingerprint density at radius 2 is 1.87 bits per heavy atom. The summed E-state index contributed by atoms with van der Waals surface area (Å²) in [5.74, 6) is 2.78. The van der Waals surface area contributed by atoms with Gasteiger partial charge in [0.2, 0.25) is 0 Å². The maximum atomic E-state index is 6.16. The number of hydrogen-bond acceptors (Lipinski definition) is 1. The monoisotopic (exact) mass is 226 g/mol. The van der Waals surface area contributed by atoms with E-state index < -0.39 is 8.32 Å². The molecule has 1 atom stereocenters. The van der Waals surface area contributed by atoms with E-state index in [9.17, 15) is 0 Å². The van der Waals surface area contributed by atoms with Crippen LogP contribution in [0.4, 0.5) is 0 Å². The first kappa shape index (κ1) is 14.7. The van der Waals surface area contributed by atoms with Crippen molar-refractivity contribution in [3.8, 4) is 12.3 Å². The van der Waals surface area contributed by atoms with Crippen molar-refractivity contribution in [3.63, 3.8) is 0 Å². The summed E-state index contributed by atoms with van der Waals surface area (Å²) in [6, 6.07) is 0. The molecule has 0 saturated heterocycles. The van der Waals surface area contributed by atoms with Crippen LogP contribution in [0.5, 0.6) is 0 Å². The SMILES string of the molecule is C#C[C@H](CCCC)O[Si](C)(C)C(C)(C)C. The van der Waals surface area contributed by atoms with Gasteiger partial charge in [0.05, 0.1) is 0 Å². The van der Waals surface area contributed by atoms with Crippen molar-refractivity contribution in [2.24, 2.45) is 0 Å². The number of terminal acetylenes is 1. The fourth-order valence-electron chi connectivity index (χ4n) is 1.10. The molecule has 0 aliphatic heterocycles. The molecular formula is C13H26OSi. The molecule has 0 unspecified atom stereocenters. The summed E-state index contributed by atoms with van der Waals surface area (Å²) in [5.41, 5.74) is 0. The van der Waals surface area contributed by atoms with Crippen LogP contribution in [-0.2, 0) is 4.43 Å². The topological polar surface area (TPSA) is 9.23 Å². The fourth-order valence-corrected chi connectivity index (χ4v) is 2.35. The van der Waals surface area contributed by atoms with E-state index in [1.54, 1.807) is 0 Å². The van der Waals surface area contributed by atoms with E-state index in [0.717, 1.165) is 12.8 Å². The second-order valence-corrected chi connectivity index (χ2v) is 10.4. The standard InChI is InChI=1S/C13H26OSi/c1-8-10-11-12(9-2)14-15(6,7)13(3,4)5/h2,12H,8,10-11H2,1,3-7H3/t12-/m1/s1. The highest BCUT2D eigenvalue weighted by Crippen LogP contribution is 2.37. The van der Waals surface area contributed by atoms with Crippen LogP contribution in [0.3, 0.4) is 0 Å². The average molecular weight is 226 g/mol. The summed E-state index contributed by atoms with van der Waals surface area (Å²) in [7, 11) is -1.68. The summed E-state index contributed by atoms with van der Waals surface area (Å²) >= 11 is 0. The summed E-state index contributed by atoms with van der Waals surface area (Å²) in [5, 5.41) is 0.244. The zero-order valence-electron chi connectivity index (χ0n) is 11.2. The van der Waals surface area contributed by atoms with E-state index in [0.29, 0.717) is 0 Å². The third-order valence-electron chi connectivity index (χ3n) is 3.25. The molecule has 0 heterocycles. The van der Waals surface area contributed by atoms with Crippen molar-refractivity contribution in [3.05, 3.63) is 0 Å². The van der Waals surface area contributed by atoms with Crippen LogP contribution in [0.25, 0.3) is 0 Å². The van der Waals surface area contributed by atoms with Gasteiger partial charge in [-0.3, -0.25) is 0 Å². The molecule has 88 valence electrons. The molecule has 0 aliphatic carbocycles. The largest absolute Gasteiger partial charge is 0.403 e. The minimum absolute atomic E-state index is 0.0193. The quantitative estimate of drug-likeness (QED) is 0.504. The first-order valence-electron chi connectivity index (χ1n) is 5.88. The Kier molecular flexibility index (Phi) is 5.62. The highest BCUT2D eigenvalue weighted by atomic mass is 28.4. The third kappa shape index (κ3) is 4.86. The molecule has 0 aromatic carbocycles. The molecule has 2 heteroatoms. The Hall–Kier alpha value is -0.263. The lowest BCUT2D eigenvalue weighted by Crippen LogP contribution is -2.43. The van der Waals surface area contributed by atoms with Crippen LogP contribution in [-0.4, -0.2) is 14.4 Å². The van der Waals surface area contributed by atoms with Crippen molar-refractivity contribution in [2.75, 3.05) is 0 Å². The predicted molar refractivity (Wildman–Crippen MR) is 70.4 cm³/mol. The van der Waals surface area contributed by atoms with E-state index in [-0.39, 0.29) is 11.1 Å². The third-order valence-corrected chi connectivity index (χ3v) is 7.73. The molecule has 0 radical (unpaired) electrons. The second kappa shape index (κ2) is 5.72. The van der Waals surface area contributed by atoms with Crippen LogP contribution < -0.4 is 0 Å². The Labute approximate surface area is 96.7 Å². The van der Waals surface area contributed by atoms with Gasteiger partial charge in [0.1, 0.15) is 6.10 Å². The van der Waals surface area contributed by atoms with Gasteiger partial charge in [0.25, 0.3) is 0 Å². The minimum Gasteiger partial charge on any atom is -0.403 e. The molecule has 0 fully saturated rings. The smallest absolute Gasteiger partial charge is 0.193 e. The second-order valence-electron chi connectivity index (χ2n) is 5.68. The lowest BCUT2D eigenvalue weighted by molar-refractivity contribution is 0.220. The van der Waals surface area contributed by atoms with Crippen LogP contribution in [0, 0.1) is 12.3 Å². The van der Waals surface area contributed by atoms with E-state index >= 15 is 0 Å². The highest BCUT2D eigenvalue weighted by molar-refractivity contribution is 6.74. The number of hydrogen-bond donors (Lipinski definition) is 0. The molecule has 1 nitrogen and oxygen atoms in total. The molecule has 0 rings (SSSR count). The van der Waals surface area contributed by atoms with Crippen molar-refractivity contribution in [2.45, 2.75) is 71.2 Å². The summed E-state index contributed by atoms with van der Waals surface area (Å²) < 4.78 is 6.16. The zero-order chi connectivity index (χ0) is 12.1. The molecule has 0 aliphatic rings. The Morgan fingerprint density at radius 3 is 2.20 bits per heavy atom. The van der Waals surface area contributed by atoms with E-state index in [4.69, 9.17) is 10.8 Å². The summed E-state index contributed by atoms with van der Waals surface area (Å²) in [4.78, 5) is 0. The van der Waals surface area contributed by atoms with Crippen molar-refractivity contribution < 1.29 is 4.43 Å². The predicted octanol–water partition coefficient (Wildman–Crippen LogP) is 4.20. The van der Waals surface area contributed by atoms with Crippen LogP contribution in [0.2, 0.25) is 18.1 Å². The summed E-state index contributed by atoms with van der Waals surface area (Å²) in [6.07, 6.45) is 8.87. The van der Waals surface area contributed by atoms with E-state index in [2.05, 4.69) is 46.7 Å². The first-order chi connectivity index (χ1) is 6.74. The molecule has 0 aromatic rings. The normalized spacial score (nSPS) is 14.7. The van der Waals surface area contributed by atoms with E-state index in [1.165, 1.54) is 6.42 Å². The van der Waals surface area contributed by atoms with Gasteiger partial charge < -0.3 is 4.43 Å². The average Bonchev–Trinajstić information content (AvgIpc) is 2.10. The summed E-state index contributed by atoms with van der Waals surface area (Å²) in [6.45, 7) is 13.4. The van der Waals surface area contributed by atoms with Gasteiger partial charge in [0.15, 0.2) is 8.32 Å². The van der Waals surface area contributed by atoms with Gasteiger partial charge in [-0.25, -0.2) is 0 Å². The molecular weight excluding hydrogens is 200 g/mol. The fraction of sp³-hybridized carbons (Fsp3) is 0.846. The lowest BCUT2D eigenvalue weighted by atomic mass is 10.2. The van der Waals surface area contributed by atoms with E-state index in [1.807, 2.05) is 0 Å². The Bertz CT molecular complexity index is 220. The van der Waals surface area contributed by atoms with Gasteiger partial charge in [-0.1, -0.05) is 46.5 Å². The van der Waals surface area contributed by atoms with Gasteiger partial charge in [-0.05, 0) is 24.6 Å². The Balaban J connectivity index is 4.36. The van der Waals surface area contributed by atoms with Gasteiger partial charge in [-0.2, -0.15) is 0 Å². The van der Waals surface area contributed by atoms with Gasteiger partial charge >= 0.3 is 0 Å². The van der Waals surface area contributed by atoms with Crippen molar-refractivity contribution in [1.29, 1.82) is 0 Å². The molecule has 0 N–H and O–H groups in total. The van der Waals surface area contributed by atoms with Crippen LogP contribution >= 0.6 is 0 Å². The molecule has 0 bridgehead atoms. The molecule has 0 aromatic heterocycles. The maximum absolute atomic E-state index is 6.16. The molecule has 15 heavy (non-hydrogen) atoms. The zero-order valence-corrected chi connectivity index (χ0v) is 12.2. The number of unbranched alkanes of at least 4 members (excludes halogenated alkanes) is 1. The highest BCUT2D eigenvalue weighted by Gasteiger charge is 2.38. The minimum atomic E-state index is -1.68. The molecule has 0 spiro atoms. The maximum Gasteiger partial charge on any atom is 0.193 e. The van der Waals surface area contributed by atoms with Gasteiger partial charge in [0, 0.05) is 0 Å². The van der Waals surface area contributed by atoms with Crippen molar-refractivity contribution in [1.82, 2.24) is 0 Å². The van der Waals surface area contributed by atoms with Crippen LogP contribution in [0.1, 0.15) is 47.0 Å². The Morgan fingerprint density at radius 1 is 1.33 bits per heavy atom. The van der Waals surface area contributed by atoms with Crippen LogP contribution in [0.15, 0.2) is 0 Å². The van der Waals surface area contributed by atoms with Crippen molar-refractivity contribution >= 4 is 8.32 Å². The van der Waals surface area contributed by atoms with Gasteiger partial charge in [-0.15, -0.1) is 6.42 Å². The first-order valence-corrected chi connectivity index (χ1v) is 8.79. The lowest BCUT2D eigenvalue weighted by Gasteiger charge is -2.38. The molecule has 0 amide bonds. The number of rotatable bonds is 5.